The second-order valence-corrected chi connectivity index (χ2v) is 10.0. The first kappa shape index (κ1) is 21.1. The molecule has 4 fully saturated rings. The summed E-state index contributed by atoms with van der Waals surface area (Å²) in [6.45, 7) is 4.44. The van der Waals surface area contributed by atoms with E-state index in [1.54, 1.807) is 0 Å². The van der Waals surface area contributed by atoms with Crippen LogP contribution in [0.4, 0.5) is 0 Å². The molecule has 4 aliphatic rings. The van der Waals surface area contributed by atoms with Gasteiger partial charge in [-0.3, -0.25) is 0 Å². The van der Waals surface area contributed by atoms with Gasteiger partial charge >= 0.3 is 0 Å². The molecule has 0 saturated carbocycles. The van der Waals surface area contributed by atoms with Crippen LogP contribution in [0.2, 0.25) is 0 Å². The summed E-state index contributed by atoms with van der Waals surface area (Å²) in [4.78, 5) is 0. The normalized spacial score (nSPS) is 37.0. The monoisotopic (exact) mass is 460 g/mol. The Kier molecular flexibility index (Phi) is 4.30. The van der Waals surface area contributed by atoms with Gasteiger partial charge in [0.05, 0.1) is 11.8 Å². The van der Waals surface area contributed by atoms with Crippen molar-refractivity contribution < 1.29 is 14.2 Å². The molecule has 4 heterocycles. The van der Waals surface area contributed by atoms with E-state index in [1.807, 2.05) is 12.1 Å². The molecule has 3 heteroatoms. The fourth-order valence-corrected chi connectivity index (χ4v) is 7.10. The van der Waals surface area contributed by atoms with E-state index in [0.717, 1.165) is 22.3 Å². The third kappa shape index (κ3) is 2.36. The van der Waals surface area contributed by atoms with Crippen molar-refractivity contribution in [1.82, 2.24) is 0 Å². The maximum absolute atomic E-state index is 7.38. The number of benzene rings is 4. The van der Waals surface area contributed by atoms with Crippen molar-refractivity contribution in [3.05, 3.63) is 144 Å². The highest BCUT2D eigenvalue weighted by Gasteiger charge is 2.88. The Morgan fingerprint density at radius 2 is 0.686 bits per heavy atom. The van der Waals surface area contributed by atoms with Gasteiger partial charge in [0.15, 0.2) is 0 Å². The standard InChI is InChI=1S/C32H28O3/c1-23-29(25-15-7-3-8-16-25)30(26-17-9-4-10-18-26)24(2)32(33-29,28-21-13-6-14-22-28)35-31(23,34-30)27-19-11-5-12-20-27/h3-24H,1-2H3/t23-,24-,29+,30+,31-,32-/m0/s1. The van der Waals surface area contributed by atoms with Crippen LogP contribution < -0.4 is 0 Å². The maximum atomic E-state index is 7.38. The van der Waals surface area contributed by atoms with Crippen molar-refractivity contribution in [2.45, 2.75) is 36.6 Å². The van der Waals surface area contributed by atoms with Crippen LogP contribution in [0.3, 0.4) is 0 Å². The highest BCUT2D eigenvalue weighted by molar-refractivity contribution is 5.47. The zero-order valence-corrected chi connectivity index (χ0v) is 19.9. The lowest BCUT2D eigenvalue weighted by atomic mass is 9.64. The van der Waals surface area contributed by atoms with Crippen LogP contribution in [-0.2, 0) is 37.0 Å². The Morgan fingerprint density at radius 3 is 1.00 bits per heavy atom. The van der Waals surface area contributed by atoms with E-state index in [-0.39, 0.29) is 11.8 Å². The Labute approximate surface area is 206 Å². The molecule has 0 amide bonds. The lowest BCUT2D eigenvalue weighted by Gasteiger charge is -2.52. The van der Waals surface area contributed by atoms with Gasteiger partial charge in [-0.15, -0.1) is 0 Å². The fraction of sp³-hybridized carbons (Fsp3) is 0.250. The molecule has 0 aliphatic carbocycles. The molecule has 0 radical (unpaired) electrons. The second-order valence-electron chi connectivity index (χ2n) is 10.0. The minimum atomic E-state index is -0.979. The summed E-state index contributed by atoms with van der Waals surface area (Å²) in [5.41, 5.74) is 2.73. The van der Waals surface area contributed by atoms with Gasteiger partial charge < -0.3 is 14.2 Å². The van der Waals surface area contributed by atoms with Gasteiger partial charge in [-0.25, -0.2) is 0 Å². The summed E-state index contributed by atoms with van der Waals surface area (Å²) >= 11 is 0. The number of hydrogen-bond acceptors (Lipinski definition) is 3. The molecule has 6 atom stereocenters. The van der Waals surface area contributed by atoms with E-state index in [4.69, 9.17) is 14.2 Å². The molecule has 4 bridgehead atoms. The number of rotatable bonds is 4. The molecule has 4 aliphatic heterocycles. The largest absolute Gasteiger partial charge is 0.330 e. The SMILES string of the molecule is C[C@@H]1[C@@]2(c3ccccc3)O[C@@]3(c4ccccc4)O[C@]1(c1ccccc1)[C@@](c1ccccc1)(O2)[C@@H]3C. The summed E-state index contributed by atoms with van der Waals surface area (Å²) in [6.07, 6.45) is 0. The summed E-state index contributed by atoms with van der Waals surface area (Å²) in [6, 6.07) is 41.9. The average molecular weight is 461 g/mol. The van der Waals surface area contributed by atoms with Gasteiger partial charge in [0, 0.05) is 11.1 Å². The van der Waals surface area contributed by atoms with Gasteiger partial charge in [-0.05, 0) is 11.1 Å². The van der Waals surface area contributed by atoms with E-state index in [1.165, 1.54) is 0 Å². The van der Waals surface area contributed by atoms with E-state index in [0.29, 0.717) is 0 Å². The minimum Gasteiger partial charge on any atom is -0.330 e. The van der Waals surface area contributed by atoms with Crippen LogP contribution >= 0.6 is 0 Å². The van der Waals surface area contributed by atoms with Crippen molar-refractivity contribution >= 4 is 0 Å². The van der Waals surface area contributed by atoms with Crippen LogP contribution in [0.1, 0.15) is 36.1 Å². The predicted molar refractivity (Wildman–Crippen MR) is 134 cm³/mol. The molecule has 8 rings (SSSR count). The Morgan fingerprint density at radius 1 is 0.400 bits per heavy atom. The van der Waals surface area contributed by atoms with E-state index < -0.39 is 22.8 Å². The van der Waals surface area contributed by atoms with Crippen molar-refractivity contribution in [2.24, 2.45) is 11.8 Å². The third-order valence-electron chi connectivity index (χ3n) is 8.60. The number of ether oxygens (including phenoxy) is 3. The quantitative estimate of drug-likeness (QED) is 0.333. The lowest BCUT2D eigenvalue weighted by molar-refractivity contribution is -0.449. The molecular weight excluding hydrogens is 432 g/mol. The van der Waals surface area contributed by atoms with Gasteiger partial charge in [0.2, 0.25) is 11.6 Å². The van der Waals surface area contributed by atoms with Crippen molar-refractivity contribution in [3.63, 3.8) is 0 Å². The minimum absolute atomic E-state index is 0.123. The maximum Gasteiger partial charge on any atom is 0.205 e. The van der Waals surface area contributed by atoms with Crippen LogP contribution in [0, 0.1) is 11.8 Å². The Balaban J connectivity index is 1.61. The fourth-order valence-electron chi connectivity index (χ4n) is 7.10. The van der Waals surface area contributed by atoms with Crippen LogP contribution in [0.25, 0.3) is 0 Å². The predicted octanol–water partition coefficient (Wildman–Crippen LogP) is 6.85. The van der Waals surface area contributed by atoms with Crippen LogP contribution in [0.5, 0.6) is 0 Å². The summed E-state index contributed by atoms with van der Waals surface area (Å²) in [5.74, 6) is -2.20. The zero-order valence-electron chi connectivity index (χ0n) is 19.9. The molecule has 0 spiro atoms. The number of hydrogen-bond donors (Lipinski definition) is 0. The highest BCUT2D eigenvalue weighted by atomic mass is 16.9. The average Bonchev–Trinajstić information content (AvgIpc) is 3.20. The Bertz CT molecular complexity index is 1250. The second kappa shape index (κ2) is 7.14. The lowest BCUT2D eigenvalue weighted by Crippen LogP contribution is -2.56. The van der Waals surface area contributed by atoms with Gasteiger partial charge in [-0.1, -0.05) is 135 Å². The van der Waals surface area contributed by atoms with Crippen molar-refractivity contribution in [1.29, 1.82) is 0 Å². The topological polar surface area (TPSA) is 27.7 Å². The highest BCUT2D eigenvalue weighted by Crippen LogP contribution is 2.80. The van der Waals surface area contributed by atoms with Crippen molar-refractivity contribution in [3.8, 4) is 0 Å². The Hall–Kier alpha value is -3.24. The molecule has 0 aromatic heterocycles. The molecule has 174 valence electrons. The van der Waals surface area contributed by atoms with Gasteiger partial charge in [0.1, 0.15) is 11.2 Å². The summed E-state index contributed by atoms with van der Waals surface area (Å²) in [7, 11) is 0. The molecule has 4 aromatic carbocycles. The summed E-state index contributed by atoms with van der Waals surface area (Å²) in [5, 5.41) is 0. The van der Waals surface area contributed by atoms with Gasteiger partial charge in [0.25, 0.3) is 0 Å². The van der Waals surface area contributed by atoms with Crippen LogP contribution in [0.15, 0.2) is 121 Å². The molecule has 0 unspecified atom stereocenters. The molecule has 35 heavy (non-hydrogen) atoms. The molecular formula is C32H28O3. The third-order valence-corrected chi connectivity index (χ3v) is 8.60. The van der Waals surface area contributed by atoms with Crippen molar-refractivity contribution in [2.75, 3.05) is 0 Å². The van der Waals surface area contributed by atoms with Gasteiger partial charge in [-0.2, -0.15) is 0 Å². The smallest absolute Gasteiger partial charge is 0.205 e. The first-order valence-corrected chi connectivity index (χ1v) is 12.4. The first-order chi connectivity index (χ1) is 17.1. The molecule has 0 N–H and O–H groups in total. The molecule has 3 nitrogen and oxygen atoms in total. The molecule has 4 aromatic rings. The van der Waals surface area contributed by atoms with Crippen LogP contribution in [-0.4, -0.2) is 0 Å². The first-order valence-electron chi connectivity index (χ1n) is 12.4. The molecule has 4 saturated heterocycles. The zero-order chi connectivity index (χ0) is 23.7. The van der Waals surface area contributed by atoms with E-state index >= 15 is 0 Å². The van der Waals surface area contributed by atoms with E-state index in [9.17, 15) is 0 Å². The van der Waals surface area contributed by atoms with E-state index in [2.05, 4.69) is 123 Å². The summed E-state index contributed by atoms with van der Waals surface area (Å²) < 4.78 is 21.9.